The number of nitrogens with zero attached hydrogens (tertiary/aromatic N) is 1. The predicted octanol–water partition coefficient (Wildman–Crippen LogP) is 1.98. The summed E-state index contributed by atoms with van der Waals surface area (Å²) in [6, 6.07) is 5.74. The lowest BCUT2D eigenvalue weighted by molar-refractivity contribution is -0.117. The van der Waals surface area contributed by atoms with Crippen molar-refractivity contribution in [2.75, 3.05) is 11.4 Å². The Hall–Kier alpha value is -1.07. The third-order valence-electron chi connectivity index (χ3n) is 3.01. The van der Waals surface area contributed by atoms with Gasteiger partial charge < -0.3 is 4.90 Å². The molecule has 0 N–H and O–H groups in total. The molecule has 6 heteroatoms. The van der Waals surface area contributed by atoms with Crippen LogP contribution in [0.2, 0.25) is 0 Å². The van der Waals surface area contributed by atoms with Gasteiger partial charge in [0, 0.05) is 29.3 Å². The average molecular weight is 288 g/mol. The molecule has 0 saturated carbocycles. The van der Waals surface area contributed by atoms with Gasteiger partial charge in [0.2, 0.25) is 15.0 Å². The van der Waals surface area contributed by atoms with Crippen LogP contribution in [-0.2, 0) is 13.8 Å². The summed E-state index contributed by atoms with van der Waals surface area (Å²) in [6.45, 7) is 4.01. The van der Waals surface area contributed by atoms with Gasteiger partial charge in [0.1, 0.15) is 5.25 Å². The second-order valence-electron chi connectivity index (χ2n) is 4.65. The van der Waals surface area contributed by atoms with Crippen LogP contribution < -0.4 is 4.90 Å². The van der Waals surface area contributed by atoms with Crippen LogP contribution in [0.15, 0.2) is 18.2 Å². The molecule has 1 heterocycles. The molecule has 1 fully saturated rings. The third kappa shape index (κ3) is 2.67. The largest absolute Gasteiger partial charge is 0.311 e. The van der Waals surface area contributed by atoms with Crippen molar-refractivity contribution in [1.29, 1.82) is 0 Å². The number of anilines is 1. The van der Waals surface area contributed by atoms with Crippen molar-refractivity contribution >= 4 is 31.3 Å². The van der Waals surface area contributed by atoms with Crippen molar-refractivity contribution in [2.45, 2.75) is 25.5 Å². The van der Waals surface area contributed by atoms with Gasteiger partial charge in [0.25, 0.3) is 0 Å². The Bertz CT molecular complexity index is 577. The highest BCUT2D eigenvalue weighted by Gasteiger charge is 2.37. The molecule has 0 aliphatic carbocycles. The fraction of sp³-hybridized carbons (Fsp3) is 0.417. The van der Waals surface area contributed by atoms with E-state index in [1.165, 1.54) is 4.90 Å². The predicted molar refractivity (Wildman–Crippen MR) is 71.4 cm³/mol. The van der Waals surface area contributed by atoms with Gasteiger partial charge in [-0.25, -0.2) is 8.42 Å². The zero-order valence-corrected chi connectivity index (χ0v) is 11.8. The molecule has 98 valence electrons. The number of carbonyl (C=O) groups excluding carboxylic acids is 1. The van der Waals surface area contributed by atoms with Crippen LogP contribution in [0.25, 0.3) is 0 Å². The van der Waals surface area contributed by atoms with Crippen LogP contribution in [0.4, 0.5) is 5.69 Å². The summed E-state index contributed by atoms with van der Waals surface area (Å²) in [4.78, 5) is 13.3. The molecule has 1 atom stereocenters. The van der Waals surface area contributed by atoms with Crippen LogP contribution >= 0.6 is 10.7 Å². The van der Waals surface area contributed by atoms with Crippen molar-refractivity contribution in [1.82, 2.24) is 0 Å². The summed E-state index contributed by atoms with van der Waals surface area (Å²) < 4.78 is 22.6. The SMILES string of the molecule is Cc1cc(C)cc(N2CC(S(=O)(=O)Cl)CC2=O)c1. The summed E-state index contributed by atoms with van der Waals surface area (Å²) in [7, 11) is 1.63. The molecule has 0 radical (unpaired) electrons. The molecule has 4 nitrogen and oxygen atoms in total. The van der Waals surface area contributed by atoms with E-state index in [4.69, 9.17) is 10.7 Å². The minimum Gasteiger partial charge on any atom is -0.311 e. The van der Waals surface area contributed by atoms with Crippen molar-refractivity contribution < 1.29 is 13.2 Å². The van der Waals surface area contributed by atoms with E-state index in [1.807, 2.05) is 32.0 Å². The standard InChI is InChI=1S/C12H14ClNO3S/c1-8-3-9(2)5-10(4-8)14-7-11(6-12(14)15)18(13,16)17/h3-5,11H,6-7H2,1-2H3. The van der Waals surface area contributed by atoms with Crippen LogP contribution in [-0.4, -0.2) is 26.1 Å². The monoisotopic (exact) mass is 287 g/mol. The van der Waals surface area contributed by atoms with Gasteiger partial charge in [0.15, 0.2) is 0 Å². The minimum atomic E-state index is -3.69. The quantitative estimate of drug-likeness (QED) is 0.782. The van der Waals surface area contributed by atoms with E-state index in [9.17, 15) is 13.2 Å². The first-order valence-electron chi connectivity index (χ1n) is 5.59. The average Bonchev–Trinajstić information content (AvgIpc) is 2.58. The number of carbonyl (C=O) groups is 1. The maximum Gasteiger partial charge on any atom is 0.237 e. The number of rotatable bonds is 2. The minimum absolute atomic E-state index is 0.0428. The number of benzene rings is 1. The number of aryl methyl sites for hydroxylation is 2. The summed E-state index contributed by atoms with van der Waals surface area (Å²) in [5, 5.41) is -0.813. The van der Waals surface area contributed by atoms with Gasteiger partial charge >= 0.3 is 0 Å². The van der Waals surface area contributed by atoms with Gasteiger partial charge in [-0.3, -0.25) is 4.79 Å². The van der Waals surface area contributed by atoms with E-state index in [1.54, 1.807) is 0 Å². The zero-order valence-electron chi connectivity index (χ0n) is 10.2. The third-order valence-corrected chi connectivity index (χ3v) is 4.87. The van der Waals surface area contributed by atoms with Crippen molar-refractivity contribution in [3.8, 4) is 0 Å². The molecule has 1 aromatic carbocycles. The fourth-order valence-electron chi connectivity index (χ4n) is 2.22. The van der Waals surface area contributed by atoms with E-state index >= 15 is 0 Å². The molecule has 0 aromatic heterocycles. The van der Waals surface area contributed by atoms with Gasteiger partial charge in [-0.15, -0.1) is 0 Å². The first-order valence-corrected chi connectivity index (χ1v) is 7.97. The molecule has 0 spiro atoms. The van der Waals surface area contributed by atoms with Crippen LogP contribution in [0.5, 0.6) is 0 Å². The highest BCUT2D eigenvalue weighted by Crippen LogP contribution is 2.28. The number of hydrogen-bond acceptors (Lipinski definition) is 3. The Kier molecular flexibility index (Phi) is 3.38. The Labute approximate surface area is 111 Å². The molecule has 1 aliphatic heterocycles. The Morgan fingerprint density at radius 3 is 2.22 bits per heavy atom. The Balaban J connectivity index is 2.32. The Morgan fingerprint density at radius 1 is 1.22 bits per heavy atom. The highest BCUT2D eigenvalue weighted by molar-refractivity contribution is 8.14. The van der Waals surface area contributed by atoms with E-state index in [2.05, 4.69) is 0 Å². The van der Waals surface area contributed by atoms with E-state index in [0.29, 0.717) is 0 Å². The molecule has 1 saturated heterocycles. The second-order valence-corrected chi connectivity index (χ2v) is 7.56. The van der Waals surface area contributed by atoms with Crippen molar-refractivity contribution in [3.63, 3.8) is 0 Å². The first kappa shape index (κ1) is 13.4. The van der Waals surface area contributed by atoms with E-state index < -0.39 is 14.3 Å². The summed E-state index contributed by atoms with van der Waals surface area (Å²) in [6.07, 6.45) is -0.0428. The summed E-state index contributed by atoms with van der Waals surface area (Å²) in [5.41, 5.74) is 2.81. The van der Waals surface area contributed by atoms with Crippen LogP contribution in [0, 0.1) is 13.8 Å². The molecule has 18 heavy (non-hydrogen) atoms. The molecule has 1 amide bonds. The normalized spacial score (nSPS) is 20.5. The summed E-state index contributed by atoms with van der Waals surface area (Å²) >= 11 is 0. The Morgan fingerprint density at radius 2 is 1.78 bits per heavy atom. The molecule has 1 aromatic rings. The molecule has 1 aliphatic rings. The first-order chi connectivity index (χ1) is 8.27. The van der Waals surface area contributed by atoms with Crippen LogP contribution in [0.3, 0.4) is 0 Å². The van der Waals surface area contributed by atoms with Gasteiger partial charge in [-0.05, 0) is 37.1 Å². The number of amides is 1. The lowest BCUT2D eigenvalue weighted by atomic mass is 10.1. The molecule has 2 rings (SSSR count). The summed E-state index contributed by atoms with van der Waals surface area (Å²) in [5.74, 6) is -0.200. The number of hydrogen-bond donors (Lipinski definition) is 0. The van der Waals surface area contributed by atoms with Gasteiger partial charge in [-0.2, -0.15) is 0 Å². The maximum atomic E-state index is 11.9. The van der Waals surface area contributed by atoms with E-state index in [-0.39, 0.29) is 18.9 Å². The topological polar surface area (TPSA) is 54.5 Å². The molecule has 0 bridgehead atoms. The van der Waals surface area contributed by atoms with Gasteiger partial charge in [-0.1, -0.05) is 6.07 Å². The van der Waals surface area contributed by atoms with Crippen LogP contribution in [0.1, 0.15) is 17.5 Å². The van der Waals surface area contributed by atoms with Gasteiger partial charge in [0.05, 0.1) is 0 Å². The fourth-order valence-corrected chi connectivity index (χ4v) is 3.25. The maximum absolute atomic E-state index is 11.9. The second kappa shape index (κ2) is 4.55. The lowest BCUT2D eigenvalue weighted by Gasteiger charge is -2.17. The molecular formula is C12H14ClNO3S. The van der Waals surface area contributed by atoms with E-state index in [0.717, 1.165) is 16.8 Å². The smallest absolute Gasteiger partial charge is 0.237 e. The lowest BCUT2D eigenvalue weighted by Crippen LogP contribution is -2.26. The number of halogens is 1. The molecular weight excluding hydrogens is 274 g/mol. The molecule has 1 unspecified atom stereocenters. The van der Waals surface area contributed by atoms with Crippen molar-refractivity contribution in [3.05, 3.63) is 29.3 Å². The highest BCUT2D eigenvalue weighted by atomic mass is 35.7. The zero-order chi connectivity index (χ0) is 13.5. The van der Waals surface area contributed by atoms with Crippen molar-refractivity contribution in [2.24, 2.45) is 0 Å².